The molecule has 0 fully saturated rings. The molecule has 0 radical (unpaired) electrons. The summed E-state index contributed by atoms with van der Waals surface area (Å²) in [6.07, 6.45) is 1.01. The van der Waals surface area contributed by atoms with Crippen molar-refractivity contribution in [1.29, 1.82) is 0 Å². The van der Waals surface area contributed by atoms with Crippen molar-refractivity contribution in [1.82, 2.24) is 10.1 Å². The SMILES string of the molecule is CCC(C)(C)c1nc(C)no1. The summed E-state index contributed by atoms with van der Waals surface area (Å²) in [5.41, 5.74) is 0.0151. The molecule has 3 heteroatoms. The third-order valence-corrected chi connectivity index (χ3v) is 1.99. The van der Waals surface area contributed by atoms with Gasteiger partial charge in [-0.05, 0) is 13.3 Å². The van der Waals surface area contributed by atoms with Gasteiger partial charge in [0, 0.05) is 5.41 Å². The highest BCUT2D eigenvalue weighted by atomic mass is 16.5. The van der Waals surface area contributed by atoms with Gasteiger partial charge in [-0.15, -0.1) is 0 Å². The Morgan fingerprint density at radius 1 is 1.45 bits per heavy atom. The highest BCUT2D eigenvalue weighted by Gasteiger charge is 2.24. The van der Waals surface area contributed by atoms with E-state index in [4.69, 9.17) is 4.52 Å². The van der Waals surface area contributed by atoms with Crippen molar-refractivity contribution in [3.8, 4) is 0 Å². The minimum atomic E-state index is 0.0151. The van der Waals surface area contributed by atoms with Crippen molar-refractivity contribution in [2.75, 3.05) is 0 Å². The molecule has 62 valence electrons. The smallest absolute Gasteiger partial charge is 0.232 e. The Bertz CT molecular complexity index is 240. The van der Waals surface area contributed by atoms with Crippen LogP contribution in [0, 0.1) is 6.92 Å². The van der Waals surface area contributed by atoms with Gasteiger partial charge in [0.25, 0.3) is 0 Å². The van der Waals surface area contributed by atoms with Crippen LogP contribution >= 0.6 is 0 Å². The molecule has 0 aliphatic rings. The van der Waals surface area contributed by atoms with E-state index in [1.165, 1.54) is 0 Å². The van der Waals surface area contributed by atoms with Gasteiger partial charge in [0.1, 0.15) is 0 Å². The van der Waals surface area contributed by atoms with Gasteiger partial charge in [-0.1, -0.05) is 25.9 Å². The molecular weight excluding hydrogens is 140 g/mol. The highest BCUT2D eigenvalue weighted by molar-refractivity contribution is 4.98. The van der Waals surface area contributed by atoms with Crippen LogP contribution in [0.4, 0.5) is 0 Å². The highest BCUT2D eigenvalue weighted by Crippen LogP contribution is 2.24. The lowest BCUT2D eigenvalue weighted by Crippen LogP contribution is -2.15. The van der Waals surface area contributed by atoms with Gasteiger partial charge in [0.05, 0.1) is 0 Å². The lowest BCUT2D eigenvalue weighted by molar-refractivity contribution is 0.300. The van der Waals surface area contributed by atoms with Gasteiger partial charge in [0.2, 0.25) is 5.89 Å². The molecule has 0 aliphatic carbocycles. The second kappa shape index (κ2) is 2.64. The topological polar surface area (TPSA) is 38.9 Å². The van der Waals surface area contributed by atoms with Crippen LogP contribution in [0.15, 0.2) is 4.52 Å². The Morgan fingerprint density at radius 2 is 2.09 bits per heavy atom. The number of hydrogen-bond acceptors (Lipinski definition) is 3. The van der Waals surface area contributed by atoms with Crippen LogP contribution in [0.2, 0.25) is 0 Å². The summed E-state index contributed by atoms with van der Waals surface area (Å²) < 4.78 is 5.06. The Kier molecular flexibility index (Phi) is 1.98. The maximum atomic E-state index is 5.06. The fourth-order valence-corrected chi connectivity index (χ4v) is 0.723. The molecule has 1 rings (SSSR count). The molecule has 3 nitrogen and oxygen atoms in total. The zero-order chi connectivity index (χ0) is 8.48. The van der Waals surface area contributed by atoms with Crippen molar-refractivity contribution in [2.45, 2.75) is 39.5 Å². The lowest BCUT2D eigenvalue weighted by Gasteiger charge is -2.15. The lowest BCUT2D eigenvalue weighted by atomic mass is 9.90. The normalized spacial score (nSPS) is 12.0. The van der Waals surface area contributed by atoms with Crippen molar-refractivity contribution in [3.05, 3.63) is 11.7 Å². The number of hydrogen-bond donors (Lipinski definition) is 0. The summed E-state index contributed by atoms with van der Waals surface area (Å²) in [6, 6.07) is 0. The minimum absolute atomic E-state index is 0.0151. The maximum Gasteiger partial charge on any atom is 0.232 e. The van der Waals surface area contributed by atoms with E-state index in [1.807, 2.05) is 6.92 Å². The van der Waals surface area contributed by atoms with Crippen molar-refractivity contribution in [2.24, 2.45) is 0 Å². The van der Waals surface area contributed by atoms with E-state index in [0.29, 0.717) is 5.82 Å². The second-order valence-electron chi connectivity index (χ2n) is 3.38. The zero-order valence-electron chi connectivity index (χ0n) is 7.51. The first kappa shape index (κ1) is 8.24. The van der Waals surface area contributed by atoms with E-state index < -0.39 is 0 Å². The quantitative estimate of drug-likeness (QED) is 0.654. The fourth-order valence-electron chi connectivity index (χ4n) is 0.723. The van der Waals surface area contributed by atoms with Crippen molar-refractivity contribution < 1.29 is 4.52 Å². The first-order chi connectivity index (χ1) is 5.06. The largest absolute Gasteiger partial charge is 0.339 e. The van der Waals surface area contributed by atoms with E-state index in [-0.39, 0.29) is 5.41 Å². The van der Waals surface area contributed by atoms with Crippen molar-refractivity contribution in [3.63, 3.8) is 0 Å². The predicted molar refractivity (Wildman–Crippen MR) is 42.4 cm³/mol. The summed E-state index contributed by atoms with van der Waals surface area (Å²) in [5, 5.41) is 3.74. The van der Waals surface area contributed by atoms with Crippen LogP contribution in [-0.2, 0) is 5.41 Å². The fraction of sp³-hybridized carbons (Fsp3) is 0.750. The van der Waals surface area contributed by atoms with Gasteiger partial charge >= 0.3 is 0 Å². The number of aryl methyl sites for hydroxylation is 1. The molecule has 0 saturated carbocycles. The number of aromatic nitrogens is 2. The Morgan fingerprint density at radius 3 is 2.45 bits per heavy atom. The van der Waals surface area contributed by atoms with E-state index >= 15 is 0 Å². The first-order valence-corrected chi connectivity index (χ1v) is 3.87. The molecule has 0 bridgehead atoms. The molecular formula is C8H14N2O. The van der Waals surface area contributed by atoms with Crippen LogP contribution in [0.3, 0.4) is 0 Å². The monoisotopic (exact) mass is 154 g/mol. The third-order valence-electron chi connectivity index (χ3n) is 1.99. The predicted octanol–water partition coefficient (Wildman–Crippen LogP) is 2.07. The summed E-state index contributed by atoms with van der Waals surface area (Å²) in [6.45, 7) is 8.14. The Balaban J connectivity index is 2.92. The molecule has 1 heterocycles. The van der Waals surface area contributed by atoms with Crippen LogP contribution in [-0.4, -0.2) is 10.1 Å². The molecule has 0 atom stereocenters. The molecule has 0 aromatic carbocycles. The first-order valence-electron chi connectivity index (χ1n) is 3.87. The molecule has 0 aliphatic heterocycles. The maximum absolute atomic E-state index is 5.06. The van der Waals surface area contributed by atoms with Gasteiger partial charge < -0.3 is 4.52 Å². The third kappa shape index (κ3) is 1.59. The van der Waals surface area contributed by atoms with Gasteiger partial charge in [-0.3, -0.25) is 0 Å². The van der Waals surface area contributed by atoms with Crippen molar-refractivity contribution >= 4 is 0 Å². The van der Waals surface area contributed by atoms with Gasteiger partial charge in [-0.25, -0.2) is 0 Å². The summed E-state index contributed by atoms with van der Waals surface area (Å²) in [5.74, 6) is 1.44. The molecule has 0 N–H and O–H groups in total. The summed E-state index contributed by atoms with van der Waals surface area (Å²) in [4.78, 5) is 4.18. The van der Waals surface area contributed by atoms with Gasteiger partial charge in [-0.2, -0.15) is 4.98 Å². The molecule has 0 saturated heterocycles. The molecule has 11 heavy (non-hydrogen) atoms. The van der Waals surface area contributed by atoms with Crippen LogP contribution < -0.4 is 0 Å². The zero-order valence-corrected chi connectivity index (χ0v) is 7.51. The molecule has 1 aromatic heterocycles. The molecule has 0 unspecified atom stereocenters. The minimum Gasteiger partial charge on any atom is -0.339 e. The Labute approximate surface area is 66.8 Å². The second-order valence-corrected chi connectivity index (χ2v) is 3.38. The van der Waals surface area contributed by atoms with Gasteiger partial charge in [0.15, 0.2) is 5.82 Å². The van der Waals surface area contributed by atoms with E-state index in [0.717, 1.165) is 12.3 Å². The molecule has 1 aromatic rings. The standard InChI is InChI=1S/C8H14N2O/c1-5-8(3,4)7-9-6(2)10-11-7/h5H2,1-4H3. The van der Waals surface area contributed by atoms with E-state index in [9.17, 15) is 0 Å². The number of nitrogens with zero attached hydrogens (tertiary/aromatic N) is 2. The average Bonchev–Trinajstić information content (AvgIpc) is 2.36. The summed E-state index contributed by atoms with van der Waals surface area (Å²) in [7, 11) is 0. The average molecular weight is 154 g/mol. The number of rotatable bonds is 2. The molecule has 0 amide bonds. The van der Waals surface area contributed by atoms with Crippen LogP contribution in [0.5, 0.6) is 0 Å². The van der Waals surface area contributed by atoms with E-state index in [2.05, 4.69) is 30.9 Å². The summed E-state index contributed by atoms with van der Waals surface area (Å²) >= 11 is 0. The van der Waals surface area contributed by atoms with Crippen LogP contribution in [0.25, 0.3) is 0 Å². The van der Waals surface area contributed by atoms with Crippen LogP contribution in [0.1, 0.15) is 38.9 Å². The molecule has 0 spiro atoms. The van der Waals surface area contributed by atoms with E-state index in [1.54, 1.807) is 0 Å². The Hall–Kier alpha value is -0.860.